The first-order valence-electron chi connectivity index (χ1n) is 10.6. The predicted octanol–water partition coefficient (Wildman–Crippen LogP) is 4.51. The fraction of sp³-hybridized carbons (Fsp3) is 0.435. The fourth-order valence-electron chi connectivity index (χ4n) is 4.27. The summed E-state index contributed by atoms with van der Waals surface area (Å²) in [5.74, 6) is -1.20. The van der Waals surface area contributed by atoms with Gasteiger partial charge in [0.2, 0.25) is 0 Å². The van der Waals surface area contributed by atoms with Crippen molar-refractivity contribution < 1.29 is 17.9 Å². The molecule has 1 aliphatic rings. The zero-order valence-corrected chi connectivity index (χ0v) is 18.2. The molecule has 6 nitrogen and oxygen atoms in total. The number of imidazole rings is 1. The van der Waals surface area contributed by atoms with Crippen LogP contribution < -0.4 is 15.9 Å². The molecule has 0 saturated carbocycles. The van der Waals surface area contributed by atoms with Crippen LogP contribution in [0.15, 0.2) is 47.3 Å². The molecular formula is C23H27F3N4O2. The smallest absolute Gasteiger partial charge is 0.383 e. The highest BCUT2D eigenvalue weighted by Crippen LogP contribution is 2.35. The van der Waals surface area contributed by atoms with Gasteiger partial charge in [0.05, 0.1) is 30.1 Å². The molecule has 0 amide bonds. The van der Waals surface area contributed by atoms with Crippen molar-refractivity contribution in [2.75, 3.05) is 37.0 Å². The zero-order chi connectivity index (χ0) is 22.9. The normalized spacial score (nSPS) is 15.5. The van der Waals surface area contributed by atoms with E-state index in [4.69, 9.17) is 4.74 Å². The Hall–Kier alpha value is -2.94. The maximum Gasteiger partial charge on any atom is 0.391 e. The number of methoxy groups -OCH3 is 1. The van der Waals surface area contributed by atoms with Gasteiger partial charge in [-0.25, -0.2) is 4.79 Å². The van der Waals surface area contributed by atoms with E-state index in [-0.39, 0.29) is 18.5 Å². The molecule has 1 fully saturated rings. The Kier molecular flexibility index (Phi) is 6.19. The van der Waals surface area contributed by atoms with Crippen molar-refractivity contribution in [1.29, 1.82) is 0 Å². The summed E-state index contributed by atoms with van der Waals surface area (Å²) in [4.78, 5) is 14.5. The molecule has 2 heterocycles. The van der Waals surface area contributed by atoms with Crippen LogP contribution >= 0.6 is 0 Å². The monoisotopic (exact) mass is 448 g/mol. The highest BCUT2D eigenvalue weighted by atomic mass is 19.4. The number of aryl methyl sites for hydroxylation is 1. The van der Waals surface area contributed by atoms with Crippen molar-refractivity contribution in [2.24, 2.45) is 13.0 Å². The topological polar surface area (TPSA) is 51.4 Å². The number of ether oxygens (including phenoxy) is 1. The molecule has 0 atom stereocenters. The molecular weight excluding hydrogens is 421 g/mol. The minimum Gasteiger partial charge on any atom is -0.383 e. The first-order valence-corrected chi connectivity index (χ1v) is 10.6. The van der Waals surface area contributed by atoms with Gasteiger partial charge in [0.15, 0.2) is 0 Å². The number of aromatic nitrogens is 2. The molecule has 0 unspecified atom stereocenters. The maximum absolute atomic E-state index is 12.9. The number of nitrogens with one attached hydrogen (secondary N) is 1. The summed E-state index contributed by atoms with van der Waals surface area (Å²) < 4.78 is 47.0. The molecule has 2 aromatic carbocycles. The Bertz CT molecular complexity index is 1130. The average Bonchev–Trinajstić information content (AvgIpc) is 3.02. The lowest BCUT2D eigenvalue weighted by Crippen LogP contribution is -2.38. The second kappa shape index (κ2) is 8.90. The summed E-state index contributed by atoms with van der Waals surface area (Å²) in [6.07, 6.45) is -3.84. The highest BCUT2D eigenvalue weighted by Gasteiger charge is 2.41. The first kappa shape index (κ1) is 22.3. The molecule has 172 valence electrons. The number of benzene rings is 2. The van der Waals surface area contributed by atoms with E-state index in [9.17, 15) is 18.0 Å². The Morgan fingerprint density at radius 3 is 2.31 bits per heavy atom. The van der Waals surface area contributed by atoms with E-state index in [1.807, 2.05) is 47.4 Å². The lowest BCUT2D eigenvalue weighted by molar-refractivity contribution is -0.179. The fourth-order valence-corrected chi connectivity index (χ4v) is 4.27. The number of hydrogen-bond acceptors (Lipinski definition) is 4. The molecule has 3 aromatic rings. The van der Waals surface area contributed by atoms with Gasteiger partial charge in [-0.1, -0.05) is 0 Å². The summed E-state index contributed by atoms with van der Waals surface area (Å²) in [5, 5.41) is 3.34. The summed E-state index contributed by atoms with van der Waals surface area (Å²) in [6.45, 7) is 1.75. The largest absolute Gasteiger partial charge is 0.391 e. The third kappa shape index (κ3) is 4.48. The number of hydrogen-bond donors (Lipinski definition) is 1. The molecule has 0 spiro atoms. The van der Waals surface area contributed by atoms with Crippen LogP contribution in [0.5, 0.6) is 0 Å². The summed E-state index contributed by atoms with van der Waals surface area (Å²) in [5.41, 5.74) is 4.20. The van der Waals surface area contributed by atoms with Gasteiger partial charge in [0.25, 0.3) is 0 Å². The molecule has 9 heteroatoms. The van der Waals surface area contributed by atoms with Crippen molar-refractivity contribution >= 4 is 28.1 Å². The van der Waals surface area contributed by atoms with Gasteiger partial charge in [-0.05, 0) is 55.3 Å². The predicted molar refractivity (Wildman–Crippen MR) is 120 cm³/mol. The van der Waals surface area contributed by atoms with Crippen LogP contribution in [0.1, 0.15) is 12.8 Å². The van der Waals surface area contributed by atoms with Crippen LogP contribution in [-0.4, -0.2) is 42.1 Å². The summed E-state index contributed by atoms with van der Waals surface area (Å²) in [7, 11) is 3.35. The van der Waals surface area contributed by atoms with E-state index in [0.717, 1.165) is 28.1 Å². The number of anilines is 3. The van der Waals surface area contributed by atoms with Crippen LogP contribution in [0, 0.1) is 5.92 Å². The molecule has 0 radical (unpaired) electrons. The number of rotatable bonds is 6. The van der Waals surface area contributed by atoms with Crippen molar-refractivity contribution in [3.05, 3.63) is 52.9 Å². The number of alkyl halides is 3. The Labute approximate surface area is 184 Å². The molecule has 4 rings (SSSR count). The molecule has 0 aliphatic carbocycles. The SMILES string of the molecule is COCCn1c(=O)n(C)c2cc(Nc3ccc(N4CCC(C(F)(F)F)CC4)cc3)ccc21. The molecule has 1 aliphatic heterocycles. The molecule has 1 saturated heterocycles. The van der Waals surface area contributed by atoms with E-state index in [1.54, 1.807) is 23.3 Å². The number of piperidine rings is 1. The van der Waals surface area contributed by atoms with E-state index in [2.05, 4.69) is 5.32 Å². The highest BCUT2D eigenvalue weighted by molar-refractivity contribution is 5.81. The van der Waals surface area contributed by atoms with E-state index in [0.29, 0.717) is 26.2 Å². The van der Waals surface area contributed by atoms with Crippen molar-refractivity contribution in [2.45, 2.75) is 25.6 Å². The second-order valence-electron chi connectivity index (χ2n) is 8.16. The van der Waals surface area contributed by atoms with Crippen molar-refractivity contribution in [1.82, 2.24) is 9.13 Å². The molecule has 32 heavy (non-hydrogen) atoms. The maximum atomic E-state index is 12.9. The lowest BCUT2D eigenvalue weighted by Gasteiger charge is -2.34. The Balaban J connectivity index is 1.46. The first-order chi connectivity index (χ1) is 15.3. The quantitative estimate of drug-likeness (QED) is 0.603. The third-order valence-corrected chi connectivity index (χ3v) is 6.14. The van der Waals surface area contributed by atoms with Crippen LogP contribution in [0.2, 0.25) is 0 Å². The van der Waals surface area contributed by atoms with Crippen molar-refractivity contribution in [3.8, 4) is 0 Å². The lowest BCUT2D eigenvalue weighted by atomic mass is 9.96. The van der Waals surface area contributed by atoms with Crippen LogP contribution in [0.25, 0.3) is 11.0 Å². The van der Waals surface area contributed by atoms with Gasteiger partial charge in [-0.15, -0.1) is 0 Å². The molecule has 1 aromatic heterocycles. The summed E-state index contributed by atoms with van der Waals surface area (Å²) in [6, 6.07) is 13.4. The number of fused-ring (bicyclic) bond motifs is 1. The van der Waals surface area contributed by atoms with Gasteiger partial charge in [-0.2, -0.15) is 13.2 Å². The van der Waals surface area contributed by atoms with E-state index >= 15 is 0 Å². The average molecular weight is 448 g/mol. The summed E-state index contributed by atoms with van der Waals surface area (Å²) >= 11 is 0. The van der Waals surface area contributed by atoms with Gasteiger partial charge >= 0.3 is 11.9 Å². The van der Waals surface area contributed by atoms with Gasteiger partial charge in [-0.3, -0.25) is 9.13 Å². The van der Waals surface area contributed by atoms with E-state index < -0.39 is 12.1 Å². The van der Waals surface area contributed by atoms with Crippen LogP contribution in [-0.2, 0) is 18.3 Å². The number of halogens is 3. The Morgan fingerprint density at radius 1 is 1.03 bits per heavy atom. The van der Waals surface area contributed by atoms with Gasteiger partial charge in [0.1, 0.15) is 0 Å². The third-order valence-electron chi connectivity index (χ3n) is 6.14. The second-order valence-corrected chi connectivity index (χ2v) is 8.16. The minimum atomic E-state index is -4.10. The zero-order valence-electron chi connectivity index (χ0n) is 18.2. The van der Waals surface area contributed by atoms with Crippen LogP contribution in [0.4, 0.5) is 30.2 Å². The van der Waals surface area contributed by atoms with E-state index in [1.165, 1.54) is 0 Å². The number of nitrogens with zero attached hydrogens (tertiary/aromatic N) is 3. The molecule has 0 bridgehead atoms. The molecule has 1 N–H and O–H groups in total. The van der Waals surface area contributed by atoms with Crippen LogP contribution in [0.3, 0.4) is 0 Å². The standard InChI is InChI=1S/C23H27F3N4O2/c1-28-21-15-18(5-8-20(21)30(22(28)31)13-14-32-2)27-17-3-6-19(7-4-17)29-11-9-16(10-12-29)23(24,25)26/h3-8,15-16,27H,9-14H2,1-2H3. The van der Waals surface area contributed by atoms with Gasteiger partial charge in [0, 0.05) is 44.3 Å². The van der Waals surface area contributed by atoms with Gasteiger partial charge < -0.3 is 15.0 Å². The van der Waals surface area contributed by atoms with Crippen molar-refractivity contribution in [3.63, 3.8) is 0 Å². The Morgan fingerprint density at radius 2 is 1.69 bits per heavy atom. The minimum absolute atomic E-state index is 0.0900.